The lowest BCUT2D eigenvalue weighted by Crippen LogP contribution is -2.34. The number of rotatable bonds is 9. The summed E-state index contributed by atoms with van der Waals surface area (Å²) in [6, 6.07) is 6.99. The number of unbranched alkanes of at least 4 members (excludes halogenated alkanes) is 2. The highest BCUT2D eigenvalue weighted by Gasteiger charge is 2.38. The van der Waals surface area contributed by atoms with Crippen LogP contribution in [0.5, 0.6) is 0 Å². The normalized spacial score (nSPS) is 18.6. The number of nitrogens with zero attached hydrogens (tertiary/aromatic N) is 2. The van der Waals surface area contributed by atoms with Gasteiger partial charge in [-0.25, -0.2) is 0 Å². The third-order valence-corrected chi connectivity index (χ3v) is 5.44. The lowest BCUT2D eigenvalue weighted by Gasteiger charge is -2.15. The van der Waals surface area contributed by atoms with Gasteiger partial charge in [0.15, 0.2) is 5.17 Å². The fourth-order valence-corrected chi connectivity index (χ4v) is 3.94. The van der Waals surface area contributed by atoms with Crippen molar-refractivity contribution < 1.29 is 9.59 Å². The molecule has 0 aliphatic carbocycles. The summed E-state index contributed by atoms with van der Waals surface area (Å²) in [5.74, 6) is -0.205. The van der Waals surface area contributed by atoms with Gasteiger partial charge in [0.1, 0.15) is 5.25 Å². The summed E-state index contributed by atoms with van der Waals surface area (Å²) in [6.07, 6.45) is 4.14. The minimum atomic E-state index is -0.411. The molecule has 1 heterocycles. The number of benzene rings is 1. The van der Waals surface area contributed by atoms with Crippen LogP contribution >= 0.6 is 23.4 Å². The molecule has 0 saturated carbocycles. The number of nitrogens with one attached hydrogen (secondary N) is 1. The zero-order chi connectivity index (χ0) is 18.9. The SMILES string of the molecule is CCCCN=C1S[C@H](CC(=O)Nc2cccc(Cl)c2)C(=O)N1CCCC. The van der Waals surface area contributed by atoms with Gasteiger partial charge in [0.25, 0.3) is 0 Å². The van der Waals surface area contributed by atoms with E-state index in [1.807, 2.05) is 0 Å². The van der Waals surface area contributed by atoms with Crippen LogP contribution in [0.1, 0.15) is 46.0 Å². The average molecular weight is 396 g/mol. The van der Waals surface area contributed by atoms with Gasteiger partial charge in [0.2, 0.25) is 11.8 Å². The van der Waals surface area contributed by atoms with E-state index in [0.717, 1.165) is 37.4 Å². The Hall–Kier alpha value is -1.53. The van der Waals surface area contributed by atoms with Crippen LogP contribution in [0.2, 0.25) is 5.02 Å². The Morgan fingerprint density at radius 2 is 2.08 bits per heavy atom. The number of hydrogen-bond acceptors (Lipinski definition) is 4. The van der Waals surface area contributed by atoms with Gasteiger partial charge in [0.05, 0.1) is 0 Å². The fourth-order valence-electron chi connectivity index (χ4n) is 2.56. The molecule has 0 unspecified atom stereocenters. The van der Waals surface area contributed by atoms with E-state index in [0.29, 0.717) is 17.3 Å². The Kier molecular flexibility index (Phi) is 8.45. The van der Waals surface area contributed by atoms with E-state index in [1.54, 1.807) is 29.2 Å². The van der Waals surface area contributed by atoms with Crippen LogP contribution in [0.25, 0.3) is 0 Å². The van der Waals surface area contributed by atoms with Crippen molar-refractivity contribution in [1.82, 2.24) is 4.90 Å². The number of anilines is 1. The Morgan fingerprint density at radius 3 is 2.77 bits per heavy atom. The molecule has 1 fully saturated rings. The quantitative estimate of drug-likeness (QED) is 0.623. The number of thioether (sulfide) groups is 1. The lowest BCUT2D eigenvalue weighted by molar-refractivity contribution is -0.128. The number of aliphatic imine (C=N–C) groups is 1. The van der Waals surface area contributed by atoms with Crippen molar-refractivity contribution in [3.8, 4) is 0 Å². The first-order chi connectivity index (χ1) is 12.5. The molecule has 0 aromatic heterocycles. The second kappa shape index (κ2) is 10.6. The molecular weight excluding hydrogens is 370 g/mol. The molecule has 0 spiro atoms. The first kappa shape index (κ1) is 20.8. The minimum absolute atomic E-state index is 0.0139. The molecule has 2 rings (SSSR count). The molecule has 5 nitrogen and oxygen atoms in total. The first-order valence-electron chi connectivity index (χ1n) is 9.13. The lowest BCUT2D eigenvalue weighted by atomic mass is 10.2. The zero-order valence-corrected chi connectivity index (χ0v) is 16.9. The number of hydrogen-bond donors (Lipinski definition) is 1. The van der Waals surface area contributed by atoms with Crippen molar-refractivity contribution in [2.75, 3.05) is 18.4 Å². The van der Waals surface area contributed by atoms with Gasteiger partial charge < -0.3 is 5.32 Å². The summed E-state index contributed by atoms with van der Waals surface area (Å²) in [5, 5.41) is 3.72. The Morgan fingerprint density at radius 1 is 1.31 bits per heavy atom. The number of amides is 2. The number of carbonyl (C=O) groups excluding carboxylic acids is 2. The average Bonchev–Trinajstić information content (AvgIpc) is 2.88. The maximum Gasteiger partial charge on any atom is 0.242 e. The molecule has 1 aliphatic rings. The predicted octanol–water partition coefficient (Wildman–Crippen LogP) is 4.57. The second-order valence-corrected chi connectivity index (χ2v) is 7.84. The van der Waals surface area contributed by atoms with E-state index in [1.165, 1.54) is 11.8 Å². The Bertz CT molecular complexity index is 666. The van der Waals surface area contributed by atoms with Crippen LogP contribution in [-0.4, -0.2) is 40.2 Å². The molecule has 142 valence electrons. The van der Waals surface area contributed by atoms with E-state index < -0.39 is 5.25 Å². The molecule has 26 heavy (non-hydrogen) atoms. The highest BCUT2D eigenvalue weighted by Crippen LogP contribution is 2.30. The molecule has 0 radical (unpaired) electrons. The molecular formula is C19H26ClN3O2S. The minimum Gasteiger partial charge on any atom is -0.326 e. The van der Waals surface area contributed by atoms with Crippen molar-refractivity contribution in [3.05, 3.63) is 29.3 Å². The van der Waals surface area contributed by atoms with E-state index in [4.69, 9.17) is 11.6 Å². The molecule has 7 heteroatoms. The van der Waals surface area contributed by atoms with Gasteiger partial charge in [-0.3, -0.25) is 19.5 Å². The molecule has 1 atom stereocenters. The molecule has 1 aromatic rings. The van der Waals surface area contributed by atoms with Crippen molar-refractivity contribution >= 4 is 46.0 Å². The number of carbonyl (C=O) groups is 2. The molecule has 1 aromatic carbocycles. The van der Waals surface area contributed by atoms with Crippen LogP contribution in [0.3, 0.4) is 0 Å². The van der Waals surface area contributed by atoms with Gasteiger partial charge >= 0.3 is 0 Å². The van der Waals surface area contributed by atoms with Crippen LogP contribution in [0.4, 0.5) is 5.69 Å². The molecule has 0 bridgehead atoms. The van der Waals surface area contributed by atoms with Crippen molar-refractivity contribution in [2.45, 2.75) is 51.2 Å². The van der Waals surface area contributed by atoms with Crippen molar-refractivity contribution in [1.29, 1.82) is 0 Å². The largest absolute Gasteiger partial charge is 0.326 e. The van der Waals surface area contributed by atoms with E-state index >= 15 is 0 Å². The monoisotopic (exact) mass is 395 g/mol. The highest BCUT2D eigenvalue weighted by molar-refractivity contribution is 8.15. The van der Waals surface area contributed by atoms with E-state index in [-0.39, 0.29) is 18.2 Å². The van der Waals surface area contributed by atoms with Gasteiger partial charge in [-0.15, -0.1) is 0 Å². The smallest absolute Gasteiger partial charge is 0.242 e. The zero-order valence-electron chi connectivity index (χ0n) is 15.3. The highest BCUT2D eigenvalue weighted by atomic mass is 35.5. The van der Waals surface area contributed by atoms with Crippen molar-refractivity contribution in [3.63, 3.8) is 0 Å². The number of halogens is 1. The standard InChI is InChI=1S/C19H26ClN3O2S/c1-3-5-10-21-19-23(11-6-4-2)18(25)16(26-19)13-17(24)22-15-9-7-8-14(20)12-15/h7-9,12,16H,3-6,10-11,13H2,1-2H3,(H,22,24)/t16-/m1/s1. The van der Waals surface area contributed by atoms with Crippen molar-refractivity contribution in [2.24, 2.45) is 4.99 Å². The van der Waals surface area contributed by atoms with E-state index in [9.17, 15) is 9.59 Å². The molecule has 1 saturated heterocycles. The number of amidine groups is 1. The topological polar surface area (TPSA) is 61.8 Å². The summed E-state index contributed by atoms with van der Waals surface area (Å²) >= 11 is 7.35. The molecule has 2 amide bonds. The second-order valence-electron chi connectivity index (χ2n) is 6.23. The summed E-state index contributed by atoms with van der Waals surface area (Å²) in [4.78, 5) is 31.4. The maximum absolute atomic E-state index is 12.7. The Balaban J connectivity index is 2.00. The summed E-state index contributed by atoms with van der Waals surface area (Å²) < 4.78 is 0. The van der Waals surface area contributed by atoms with Crippen LogP contribution in [0, 0.1) is 0 Å². The molecule has 1 N–H and O–H groups in total. The van der Waals surface area contributed by atoms with Gasteiger partial charge in [0, 0.05) is 30.2 Å². The van der Waals surface area contributed by atoms with Gasteiger partial charge in [-0.2, -0.15) is 0 Å². The third-order valence-electron chi connectivity index (χ3n) is 3.99. The molecule has 1 aliphatic heterocycles. The van der Waals surface area contributed by atoms with E-state index in [2.05, 4.69) is 24.2 Å². The van der Waals surface area contributed by atoms with Gasteiger partial charge in [-0.1, -0.05) is 56.1 Å². The summed E-state index contributed by atoms with van der Waals surface area (Å²) in [7, 11) is 0. The van der Waals surface area contributed by atoms with Crippen LogP contribution in [-0.2, 0) is 9.59 Å². The summed E-state index contributed by atoms with van der Waals surface area (Å²) in [5.41, 5.74) is 0.637. The third kappa shape index (κ3) is 6.02. The Labute approximate surface area is 164 Å². The van der Waals surface area contributed by atoms with Crippen LogP contribution in [0.15, 0.2) is 29.3 Å². The van der Waals surface area contributed by atoms with Gasteiger partial charge in [-0.05, 0) is 31.0 Å². The maximum atomic E-state index is 12.7. The van der Waals surface area contributed by atoms with Crippen LogP contribution < -0.4 is 5.32 Å². The fraction of sp³-hybridized carbons (Fsp3) is 0.526. The first-order valence-corrected chi connectivity index (χ1v) is 10.4. The summed E-state index contributed by atoms with van der Waals surface area (Å²) in [6.45, 7) is 5.60. The predicted molar refractivity (Wildman–Crippen MR) is 110 cm³/mol.